The number of nitriles is 1. The van der Waals surface area contributed by atoms with Crippen molar-refractivity contribution in [1.82, 2.24) is 4.90 Å². The van der Waals surface area contributed by atoms with Gasteiger partial charge in [0.05, 0.1) is 12.2 Å². The number of nitrogens with zero attached hydrogens (tertiary/aromatic N) is 5. The van der Waals surface area contributed by atoms with Gasteiger partial charge in [0.15, 0.2) is 0 Å². The Balaban J connectivity index is 1.71. The highest BCUT2D eigenvalue weighted by molar-refractivity contribution is 6.45. The van der Waals surface area contributed by atoms with E-state index in [1.807, 2.05) is 36.4 Å². The normalized spacial score (nSPS) is 19.7. The predicted octanol–water partition coefficient (Wildman–Crippen LogP) is 2.71. The van der Waals surface area contributed by atoms with Crippen molar-refractivity contribution in [3.05, 3.63) is 59.6 Å². The number of hydrogen-bond donors (Lipinski definition) is 0. The van der Waals surface area contributed by atoms with Crippen molar-refractivity contribution < 1.29 is 4.79 Å². The van der Waals surface area contributed by atoms with Crippen molar-refractivity contribution in [1.29, 1.82) is 5.26 Å². The molecule has 2 aliphatic rings. The van der Waals surface area contributed by atoms with Crippen LogP contribution in [0.15, 0.2) is 59.7 Å². The fourth-order valence-corrected chi connectivity index (χ4v) is 3.46. The highest BCUT2D eigenvalue weighted by Crippen LogP contribution is 2.29. The molecule has 4 rings (SSSR count). The zero-order valence-corrected chi connectivity index (χ0v) is 14.7. The van der Waals surface area contributed by atoms with E-state index in [1.54, 1.807) is 22.0 Å². The van der Waals surface area contributed by atoms with E-state index in [-0.39, 0.29) is 17.8 Å². The van der Waals surface area contributed by atoms with Gasteiger partial charge in [0.25, 0.3) is 5.91 Å². The molecule has 2 aromatic rings. The fraction of sp³-hybridized carbons (Fsp3) is 0.211. The molecule has 0 bridgehead atoms. The van der Waals surface area contributed by atoms with Crippen LogP contribution in [-0.2, 0) is 4.79 Å². The average molecular weight is 366 g/mol. The molecule has 2 heterocycles. The Hall–Kier alpha value is -3.04. The van der Waals surface area contributed by atoms with Gasteiger partial charge < -0.3 is 9.80 Å². The zero-order valence-electron chi connectivity index (χ0n) is 13.9. The fourth-order valence-electron chi connectivity index (χ4n) is 3.33. The van der Waals surface area contributed by atoms with Gasteiger partial charge in [-0.25, -0.2) is 5.01 Å². The Morgan fingerprint density at radius 1 is 1.04 bits per heavy atom. The van der Waals surface area contributed by atoms with Crippen LogP contribution in [-0.4, -0.2) is 42.3 Å². The van der Waals surface area contributed by atoms with Gasteiger partial charge in [-0.05, 0) is 36.4 Å². The van der Waals surface area contributed by atoms with Crippen LogP contribution < -0.4 is 9.91 Å². The molecule has 6 nitrogen and oxygen atoms in total. The summed E-state index contributed by atoms with van der Waals surface area (Å²) in [5.41, 5.74) is 1.80. The van der Waals surface area contributed by atoms with Crippen molar-refractivity contribution in [3.63, 3.8) is 0 Å². The Kier molecular flexibility index (Phi) is 4.23. The quantitative estimate of drug-likeness (QED) is 0.821. The molecule has 1 fully saturated rings. The summed E-state index contributed by atoms with van der Waals surface area (Å²) in [7, 11) is 0. The minimum absolute atomic E-state index is 0.0932. The molecule has 0 radical (unpaired) electrons. The molecular weight excluding hydrogens is 350 g/mol. The molecule has 0 unspecified atom stereocenters. The number of para-hydroxylation sites is 1. The Labute approximate surface area is 156 Å². The largest absolute Gasteiger partial charge is 0.366 e. The number of anilines is 2. The minimum Gasteiger partial charge on any atom is -0.366 e. The molecular formula is C19H16ClN5O. The van der Waals surface area contributed by atoms with E-state index >= 15 is 0 Å². The number of hydrogen-bond acceptors (Lipinski definition) is 5. The van der Waals surface area contributed by atoms with Crippen molar-refractivity contribution >= 4 is 34.6 Å². The van der Waals surface area contributed by atoms with Crippen LogP contribution in [0.3, 0.4) is 0 Å². The van der Waals surface area contributed by atoms with E-state index in [1.165, 1.54) is 0 Å². The summed E-state index contributed by atoms with van der Waals surface area (Å²) in [6.07, 6.45) is -0.283. The van der Waals surface area contributed by atoms with Crippen LogP contribution in [0.4, 0.5) is 11.4 Å². The number of halogens is 1. The van der Waals surface area contributed by atoms with Crippen molar-refractivity contribution in [3.8, 4) is 6.07 Å². The van der Waals surface area contributed by atoms with Crippen LogP contribution in [0.2, 0.25) is 5.02 Å². The second-order valence-corrected chi connectivity index (χ2v) is 6.58. The summed E-state index contributed by atoms with van der Waals surface area (Å²) >= 11 is 5.99. The lowest BCUT2D eigenvalue weighted by molar-refractivity contribution is -0.127. The van der Waals surface area contributed by atoms with Gasteiger partial charge in [-0.15, -0.1) is 0 Å². The lowest BCUT2D eigenvalue weighted by atomic mass is 10.1. The van der Waals surface area contributed by atoms with Gasteiger partial charge in [0, 0.05) is 23.8 Å². The molecule has 1 saturated heterocycles. The minimum atomic E-state index is -0.310. The summed E-state index contributed by atoms with van der Waals surface area (Å²) in [4.78, 5) is 16.5. The number of amides is 1. The number of hydrazone groups is 1. The molecule has 0 aliphatic carbocycles. The molecule has 2 aromatic carbocycles. The van der Waals surface area contributed by atoms with E-state index < -0.39 is 0 Å². The molecule has 7 heteroatoms. The monoisotopic (exact) mass is 365 g/mol. The zero-order chi connectivity index (χ0) is 18.1. The summed E-state index contributed by atoms with van der Waals surface area (Å²) < 4.78 is 0. The Bertz CT molecular complexity index is 890. The Morgan fingerprint density at radius 3 is 2.46 bits per heavy atom. The molecule has 130 valence electrons. The maximum atomic E-state index is 12.6. The van der Waals surface area contributed by atoms with Crippen LogP contribution in [0.1, 0.15) is 0 Å². The second kappa shape index (κ2) is 6.70. The molecule has 0 N–H and O–H groups in total. The smallest absolute Gasteiger partial charge is 0.287 e. The molecule has 1 amide bonds. The number of benzene rings is 2. The third-order valence-corrected chi connectivity index (χ3v) is 4.88. The first-order valence-corrected chi connectivity index (χ1v) is 8.69. The number of carbonyl (C=O) groups is 1. The first kappa shape index (κ1) is 16.4. The maximum absolute atomic E-state index is 12.6. The lowest BCUT2D eigenvalue weighted by Crippen LogP contribution is -2.64. The van der Waals surface area contributed by atoms with Crippen LogP contribution >= 0.6 is 11.6 Å². The molecule has 0 spiro atoms. The molecule has 0 saturated carbocycles. The van der Waals surface area contributed by atoms with E-state index in [9.17, 15) is 10.1 Å². The molecule has 2 aliphatic heterocycles. The Morgan fingerprint density at radius 2 is 1.77 bits per heavy atom. The topological polar surface area (TPSA) is 62.9 Å². The highest BCUT2D eigenvalue weighted by atomic mass is 35.5. The van der Waals surface area contributed by atoms with Gasteiger partial charge in [-0.1, -0.05) is 29.8 Å². The van der Waals surface area contributed by atoms with Gasteiger partial charge in [-0.3, -0.25) is 4.79 Å². The SMILES string of the molecule is N#CC1=NN(c2ccc(Cl)cc2)[C@@H]2CN(c3ccccc3)CCN2C1=O. The van der Waals surface area contributed by atoms with Crippen molar-refractivity contribution in [2.24, 2.45) is 5.10 Å². The average Bonchev–Trinajstić information content (AvgIpc) is 2.69. The van der Waals surface area contributed by atoms with Crippen LogP contribution in [0.5, 0.6) is 0 Å². The molecule has 26 heavy (non-hydrogen) atoms. The molecule has 0 aromatic heterocycles. The maximum Gasteiger partial charge on any atom is 0.287 e. The van der Waals surface area contributed by atoms with Crippen molar-refractivity contribution in [2.45, 2.75) is 6.17 Å². The van der Waals surface area contributed by atoms with Crippen molar-refractivity contribution in [2.75, 3.05) is 29.5 Å². The summed E-state index contributed by atoms with van der Waals surface area (Å²) in [5, 5.41) is 16.0. The van der Waals surface area contributed by atoms with E-state index in [4.69, 9.17) is 11.6 Å². The number of rotatable bonds is 2. The first-order valence-electron chi connectivity index (χ1n) is 8.32. The highest BCUT2D eigenvalue weighted by Gasteiger charge is 2.40. The summed E-state index contributed by atoms with van der Waals surface area (Å²) in [5.74, 6) is -0.310. The number of fused-ring (bicyclic) bond motifs is 1. The standard InChI is InChI=1S/C19H16ClN5O/c20-14-6-8-16(9-7-14)25-18-13-23(15-4-2-1-3-5-15)10-11-24(18)19(26)17(12-21)22-25/h1-9,18H,10-11,13H2/t18-/m1/s1. The first-order chi connectivity index (χ1) is 12.7. The molecule has 1 atom stereocenters. The lowest BCUT2D eigenvalue weighted by Gasteiger charge is -2.47. The van der Waals surface area contributed by atoms with Gasteiger partial charge in [-0.2, -0.15) is 10.4 Å². The van der Waals surface area contributed by atoms with E-state index in [0.29, 0.717) is 24.7 Å². The number of piperazine rings is 1. The second-order valence-electron chi connectivity index (χ2n) is 6.14. The summed E-state index contributed by atoms with van der Waals surface area (Å²) in [6, 6.07) is 19.2. The van der Waals surface area contributed by atoms with Crippen LogP contribution in [0.25, 0.3) is 0 Å². The van der Waals surface area contributed by atoms with Gasteiger partial charge in [0.1, 0.15) is 12.2 Å². The van der Waals surface area contributed by atoms with E-state index in [0.717, 1.165) is 11.4 Å². The van der Waals surface area contributed by atoms with E-state index in [2.05, 4.69) is 22.1 Å². The number of carbonyl (C=O) groups excluding carboxylic acids is 1. The third-order valence-electron chi connectivity index (χ3n) is 4.63. The van der Waals surface area contributed by atoms with Gasteiger partial charge in [0.2, 0.25) is 5.71 Å². The van der Waals surface area contributed by atoms with Gasteiger partial charge >= 0.3 is 0 Å². The van der Waals surface area contributed by atoms with Crippen LogP contribution in [0, 0.1) is 11.3 Å². The third kappa shape index (κ3) is 2.87. The summed E-state index contributed by atoms with van der Waals surface area (Å²) in [6.45, 7) is 1.84. The predicted molar refractivity (Wildman–Crippen MR) is 101 cm³/mol.